The molecule has 38 heavy (non-hydrogen) atoms. The molecule has 0 aliphatic rings. The SMILES string of the molecule is CC(NC(=O)C(N)Cc1cnc[nH]1)C(=O)NC(Cc1cnc[nH]1)C(=O)NC(Cc1ccc(O)cc1)C(=O)O. The van der Waals surface area contributed by atoms with Crippen molar-refractivity contribution >= 4 is 23.7 Å². The number of nitrogens with one attached hydrogen (secondary N) is 5. The van der Waals surface area contributed by atoms with Gasteiger partial charge < -0.3 is 41.9 Å². The fourth-order valence-corrected chi connectivity index (χ4v) is 3.57. The van der Waals surface area contributed by atoms with E-state index in [0.29, 0.717) is 17.0 Å². The Hall–Kier alpha value is -4.72. The fourth-order valence-electron chi connectivity index (χ4n) is 3.57. The van der Waals surface area contributed by atoms with Gasteiger partial charge in [-0.05, 0) is 24.6 Å². The number of aromatic hydroxyl groups is 1. The van der Waals surface area contributed by atoms with Crippen molar-refractivity contribution in [3.05, 3.63) is 66.3 Å². The highest BCUT2D eigenvalue weighted by Gasteiger charge is 2.29. The first-order valence-corrected chi connectivity index (χ1v) is 11.7. The number of carbonyl (C=O) groups is 4. The number of nitrogens with two attached hydrogens (primary N) is 1. The Balaban J connectivity index is 1.65. The van der Waals surface area contributed by atoms with E-state index in [9.17, 15) is 29.4 Å². The number of phenolic OH excluding ortho intramolecular Hbond substituents is 1. The molecule has 3 rings (SSSR count). The van der Waals surface area contributed by atoms with E-state index in [2.05, 4.69) is 35.9 Å². The number of imidazole rings is 2. The Labute approximate surface area is 217 Å². The maximum absolute atomic E-state index is 13.1. The molecular weight excluding hydrogens is 496 g/mol. The third kappa shape index (κ3) is 8.16. The number of amides is 3. The van der Waals surface area contributed by atoms with Crippen molar-refractivity contribution in [2.45, 2.75) is 50.4 Å². The zero-order valence-corrected chi connectivity index (χ0v) is 20.5. The number of phenols is 1. The molecule has 14 nitrogen and oxygen atoms in total. The van der Waals surface area contributed by atoms with E-state index in [1.165, 1.54) is 44.1 Å². The maximum atomic E-state index is 13.1. The highest BCUT2D eigenvalue weighted by atomic mass is 16.4. The van der Waals surface area contributed by atoms with Crippen molar-refractivity contribution in [2.24, 2.45) is 5.73 Å². The molecule has 2 aromatic heterocycles. The van der Waals surface area contributed by atoms with Crippen LogP contribution in [0.15, 0.2) is 49.3 Å². The summed E-state index contributed by atoms with van der Waals surface area (Å²) in [5.41, 5.74) is 7.67. The fraction of sp³-hybridized carbons (Fsp3) is 0.333. The van der Waals surface area contributed by atoms with E-state index in [-0.39, 0.29) is 25.0 Å². The van der Waals surface area contributed by atoms with Crippen molar-refractivity contribution < 1.29 is 29.4 Å². The summed E-state index contributed by atoms with van der Waals surface area (Å²) in [5.74, 6) is -3.23. The first kappa shape index (κ1) is 27.9. The monoisotopic (exact) mass is 526 g/mol. The molecule has 14 heteroatoms. The number of carboxylic acid groups (broad SMARTS) is 1. The number of benzene rings is 1. The van der Waals surface area contributed by atoms with Crippen LogP contribution in [0.4, 0.5) is 0 Å². The summed E-state index contributed by atoms with van der Waals surface area (Å²) in [6, 6.07) is 1.45. The number of carbonyl (C=O) groups excluding carboxylic acids is 3. The summed E-state index contributed by atoms with van der Waals surface area (Å²) >= 11 is 0. The van der Waals surface area contributed by atoms with Gasteiger partial charge in [0.1, 0.15) is 23.9 Å². The van der Waals surface area contributed by atoms with Gasteiger partial charge in [0.15, 0.2) is 0 Å². The molecule has 3 aromatic rings. The molecule has 0 aliphatic heterocycles. The van der Waals surface area contributed by atoms with Crippen LogP contribution in [0.25, 0.3) is 0 Å². The number of carboxylic acids is 1. The van der Waals surface area contributed by atoms with Gasteiger partial charge >= 0.3 is 5.97 Å². The van der Waals surface area contributed by atoms with Gasteiger partial charge in [-0.1, -0.05) is 12.1 Å². The molecule has 0 spiro atoms. The minimum absolute atomic E-state index is 0.0108. The molecule has 0 saturated carbocycles. The standard InChI is InChI=1S/C24H30N8O6/c1-13(30-22(35)18(25)7-15-9-26-11-28-15)21(34)31-19(8-16-10-27-12-29-16)23(36)32-20(24(37)38)6-14-2-4-17(33)5-3-14/h2-5,9-13,18-20,33H,6-8,25H2,1H3,(H,26,28)(H,27,29)(H,30,35)(H,31,34)(H,32,36)(H,37,38). The molecule has 1 aromatic carbocycles. The third-order valence-electron chi connectivity index (χ3n) is 5.69. The number of H-pyrrole nitrogens is 2. The van der Waals surface area contributed by atoms with Crippen LogP contribution in [0.3, 0.4) is 0 Å². The van der Waals surface area contributed by atoms with E-state index in [1.54, 1.807) is 12.1 Å². The molecule has 0 fully saturated rings. The van der Waals surface area contributed by atoms with E-state index < -0.39 is 47.9 Å². The highest BCUT2D eigenvalue weighted by molar-refractivity contribution is 5.94. The van der Waals surface area contributed by atoms with Crippen LogP contribution in [-0.2, 0) is 38.4 Å². The van der Waals surface area contributed by atoms with Crippen LogP contribution < -0.4 is 21.7 Å². The van der Waals surface area contributed by atoms with Gasteiger partial charge in [-0.3, -0.25) is 14.4 Å². The molecule has 202 valence electrons. The molecule has 2 heterocycles. The third-order valence-corrected chi connectivity index (χ3v) is 5.69. The quantitative estimate of drug-likeness (QED) is 0.133. The zero-order valence-electron chi connectivity index (χ0n) is 20.5. The summed E-state index contributed by atoms with van der Waals surface area (Å²) in [5, 5.41) is 26.6. The van der Waals surface area contributed by atoms with Gasteiger partial charge in [0.2, 0.25) is 17.7 Å². The second-order valence-corrected chi connectivity index (χ2v) is 8.73. The second-order valence-electron chi connectivity index (χ2n) is 8.73. The van der Waals surface area contributed by atoms with Crippen molar-refractivity contribution in [3.63, 3.8) is 0 Å². The van der Waals surface area contributed by atoms with Gasteiger partial charge in [-0.25, -0.2) is 14.8 Å². The molecule has 9 N–H and O–H groups in total. The Morgan fingerprint density at radius 2 is 1.42 bits per heavy atom. The lowest BCUT2D eigenvalue weighted by molar-refractivity contribution is -0.142. The summed E-state index contributed by atoms with van der Waals surface area (Å²) in [4.78, 5) is 63.7. The van der Waals surface area contributed by atoms with E-state index in [0.717, 1.165) is 0 Å². The number of hydrogen-bond donors (Lipinski definition) is 8. The Kier molecular flexibility index (Phi) is 9.54. The first-order chi connectivity index (χ1) is 18.1. The maximum Gasteiger partial charge on any atom is 0.326 e. The Morgan fingerprint density at radius 1 is 0.842 bits per heavy atom. The van der Waals surface area contributed by atoms with Gasteiger partial charge in [0.05, 0.1) is 18.7 Å². The summed E-state index contributed by atoms with van der Waals surface area (Å²) in [6.45, 7) is 1.44. The Bertz CT molecular complexity index is 1210. The van der Waals surface area contributed by atoms with E-state index in [4.69, 9.17) is 5.73 Å². The van der Waals surface area contributed by atoms with Gasteiger partial charge in [0.25, 0.3) is 0 Å². The predicted molar refractivity (Wildman–Crippen MR) is 133 cm³/mol. The van der Waals surface area contributed by atoms with Crippen LogP contribution in [0.1, 0.15) is 23.9 Å². The van der Waals surface area contributed by atoms with Crippen molar-refractivity contribution in [3.8, 4) is 5.75 Å². The van der Waals surface area contributed by atoms with Gasteiger partial charge in [0, 0.05) is 43.0 Å². The lowest BCUT2D eigenvalue weighted by Crippen LogP contribution is -2.57. The van der Waals surface area contributed by atoms with Crippen LogP contribution in [0.5, 0.6) is 5.75 Å². The van der Waals surface area contributed by atoms with Crippen LogP contribution in [0, 0.1) is 0 Å². The molecule has 4 unspecified atom stereocenters. The smallest absolute Gasteiger partial charge is 0.326 e. The molecule has 0 aliphatic carbocycles. The lowest BCUT2D eigenvalue weighted by atomic mass is 10.0. The van der Waals surface area contributed by atoms with Gasteiger partial charge in [-0.15, -0.1) is 0 Å². The number of aromatic amines is 2. The summed E-state index contributed by atoms with van der Waals surface area (Å²) in [7, 11) is 0. The van der Waals surface area contributed by atoms with Gasteiger partial charge in [-0.2, -0.15) is 0 Å². The topological polar surface area (TPSA) is 228 Å². The van der Waals surface area contributed by atoms with Crippen molar-refractivity contribution in [1.29, 1.82) is 0 Å². The first-order valence-electron chi connectivity index (χ1n) is 11.7. The Morgan fingerprint density at radius 3 is 1.97 bits per heavy atom. The number of nitrogens with zero attached hydrogens (tertiary/aromatic N) is 2. The number of aliphatic carboxylic acids is 1. The average molecular weight is 527 g/mol. The normalized spacial score (nSPS) is 14.1. The highest BCUT2D eigenvalue weighted by Crippen LogP contribution is 2.12. The molecule has 0 saturated heterocycles. The number of hydrogen-bond acceptors (Lipinski definition) is 8. The molecular formula is C24H30N8O6. The van der Waals surface area contributed by atoms with Crippen LogP contribution >= 0.6 is 0 Å². The zero-order chi connectivity index (χ0) is 27.7. The average Bonchev–Trinajstić information content (AvgIpc) is 3.58. The van der Waals surface area contributed by atoms with Crippen molar-refractivity contribution in [1.82, 2.24) is 35.9 Å². The predicted octanol–water partition coefficient (Wildman–Crippen LogP) is -1.25. The van der Waals surface area contributed by atoms with Crippen LogP contribution in [0.2, 0.25) is 0 Å². The second kappa shape index (κ2) is 13.0. The summed E-state index contributed by atoms with van der Waals surface area (Å²) < 4.78 is 0. The van der Waals surface area contributed by atoms with E-state index in [1.807, 2.05) is 0 Å². The molecule has 3 amide bonds. The molecule has 0 radical (unpaired) electrons. The van der Waals surface area contributed by atoms with Crippen LogP contribution in [-0.4, -0.2) is 78.0 Å². The minimum Gasteiger partial charge on any atom is -0.508 e. The largest absolute Gasteiger partial charge is 0.508 e. The van der Waals surface area contributed by atoms with E-state index >= 15 is 0 Å². The lowest BCUT2D eigenvalue weighted by Gasteiger charge is -2.23. The number of rotatable bonds is 13. The van der Waals surface area contributed by atoms with Crippen molar-refractivity contribution in [2.75, 3.05) is 0 Å². The minimum atomic E-state index is -1.30. The summed E-state index contributed by atoms with van der Waals surface area (Å²) in [6.07, 6.45) is 5.99. The molecule has 4 atom stereocenters. The number of aromatic nitrogens is 4. The molecule has 0 bridgehead atoms.